The average molecular weight is 324 g/mol. The van der Waals surface area contributed by atoms with Crippen molar-refractivity contribution in [2.24, 2.45) is 10.2 Å². The van der Waals surface area contributed by atoms with Gasteiger partial charge in [0, 0.05) is 6.07 Å². The maximum absolute atomic E-state index is 13.0. The number of hydrogen-bond donors (Lipinski definition) is 2. The Labute approximate surface area is 126 Å². The van der Waals surface area contributed by atoms with E-state index in [2.05, 4.69) is 10.2 Å². The van der Waals surface area contributed by atoms with Crippen molar-refractivity contribution in [1.29, 1.82) is 0 Å². The molecule has 0 fully saturated rings. The Kier molecular flexibility index (Phi) is 4.84. The predicted octanol–water partition coefficient (Wildman–Crippen LogP) is 2.71. The Hall–Kier alpha value is -2.32. The topological polar surface area (TPSA) is 99.3 Å². The monoisotopic (exact) mass is 324 g/mol. The minimum absolute atomic E-state index is 0.0306. The van der Waals surface area contributed by atoms with Gasteiger partial charge in [0.1, 0.15) is 17.3 Å². The van der Waals surface area contributed by atoms with Crippen LogP contribution in [0.15, 0.2) is 57.6 Å². The molecule has 6 nitrogen and oxygen atoms in total. The maximum atomic E-state index is 13.0. The number of phenolic OH excluding ortho intramolecular Hbond substituents is 1. The molecule has 22 heavy (non-hydrogen) atoms. The first-order valence-electron chi connectivity index (χ1n) is 6.26. The van der Waals surface area contributed by atoms with Crippen LogP contribution in [0.3, 0.4) is 0 Å². The first kappa shape index (κ1) is 16.1. The van der Waals surface area contributed by atoms with Crippen LogP contribution in [0.5, 0.6) is 5.75 Å². The van der Waals surface area contributed by atoms with Gasteiger partial charge in [-0.05, 0) is 36.4 Å². The summed E-state index contributed by atoms with van der Waals surface area (Å²) in [5, 5.41) is 25.7. The number of aliphatic hydroxyl groups is 1. The van der Waals surface area contributed by atoms with Gasteiger partial charge in [-0.3, -0.25) is 0 Å². The van der Waals surface area contributed by atoms with Crippen LogP contribution < -0.4 is 0 Å². The van der Waals surface area contributed by atoms with E-state index < -0.39 is 22.3 Å². The van der Waals surface area contributed by atoms with Gasteiger partial charge in [-0.25, -0.2) is 12.8 Å². The fourth-order valence-corrected chi connectivity index (χ4v) is 2.67. The number of halogens is 1. The lowest BCUT2D eigenvalue weighted by atomic mass is 10.3. The third-order valence-corrected chi connectivity index (χ3v) is 4.48. The van der Waals surface area contributed by atoms with Crippen molar-refractivity contribution >= 4 is 21.2 Å². The molecule has 0 aliphatic carbocycles. The molecule has 2 rings (SSSR count). The summed E-state index contributed by atoms with van der Waals surface area (Å²) >= 11 is 0. The van der Waals surface area contributed by atoms with E-state index in [0.29, 0.717) is 5.69 Å². The molecule has 116 valence electrons. The summed E-state index contributed by atoms with van der Waals surface area (Å²) in [5.74, 6) is -1.13. The van der Waals surface area contributed by atoms with Crippen molar-refractivity contribution in [3.05, 3.63) is 48.3 Å². The lowest BCUT2D eigenvalue weighted by Gasteiger charge is -2.02. The van der Waals surface area contributed by atoms with Gasteiger partial charge in [-0.1, -0.05) is 0 Å². The number of rotatable bonds is 5. The lowest BCUT2D eigenvalue weighted by molar-refractivity contribution is 0.319. The van der Waals surface area contributed by atoms with E-state index >= 15 is 0 Å². The number of nitrogens with zero attached hydrogens (tertiary/aromatic N) is 2. The normalized spacial score (nSPS) is 11.9. The van der Waals surface area contributed by atoms with Crippen LogP contribution in [0.4, 0.5) is 15.8 Å². The maximum Gasteiger partial charge on any atom is 0.180 e. The standard InChI is InChI=1S/C14H13FN2O4S/c15-10-1-6-14(19)13(9-10)17-16-11-2-4-12(5-3-11)22(20,21)8-7-18/h1-6,9,18-19H,7-8H2/b17-16+. The zero-order valence-electron chi connectivity index (χ0n) is 11.3. The first-order chi connectivity index (χ1) is 10.4. The van der Waals surface area contributed by atoms with Gasteiger partial charge < -0.3 is 10.2 Å². The van der Waals surface area contributed by atoms with Crippen LogP contribution in [0, 0.1) is 5.82 Å². The van der Waals surface area contributed by atoms with Crippen molar-refractivity contribution < 1.29 is 23.0 Å². The number of phenols is 1. The number of aliphatic hydroxyl groups excluding tert-OH is 1. The highest BCUT2D eigenvalue weighted by Gasteiger charge is 2.13. The summed E-state index contributed by atoms with van der Waals surface area (Å²) < 4.78 is 36.5. The summed E-state index contributed by atoms with van der Waals surface area (Å²) in [6.45, 7) is -0.456. The number of sulfone groups is 1. The second kappa shape index (κ2) is 6.63. The van der Waals surface area contributed by atoms with E-state index in [1.54, 1.807) is 0 Å². The Balaban J connectivity index is 2.21. The second-order valence-corrected chi connectivity index (χ2v) is 6.48. The molecular weight excluding hydrogens is 311 g/mol. The van der Waals surface area contributed by atoms with Gasteiger partial charge in [-0.15, -0.1) is 5.11 Å². The average Bonchev–Trinajstić information content (AvgIpc) is 2.48. The zero-order valence-corrected chi connectivity index (χ0v) is 12.2. The third kappa shape index (κ3) is 3.86. The molecule has 2 N–H and O–H groups in total. The summed E-state index contributed by atoms with van der Waals surface area (Å²) in [6, 6.07) is 8.80. The summed E-state index contributed by atoms with van der Waals surface area (Å²) in [4.78, 5) is 0.0640. The van der Waals surface area contributed by atoms with E-state index in [9.17, 15) is 17.9 Å². The number of benzene rings is 2. The summed E-state index contributed by atoms with van der Waals surface area (Å²) in [7, 11) is -3.52. The van der Waals surface area contributed by atoms with Crippen LogP contribution >= 0.6 is 0 Å². The molecule has 0 aliphatic rings. The summed E-state index contributed by atoms with van der Waals surface area (Å²) in [5.41, 5.74) is 0.309. The third-order valence-electron chi connectivity index (χ3n) is 2.77. The van der Waals surface area contributed by atoms with Crippen molar-refractivity contribution in [3.63, 3.8) is 0 Å². The van der Waals surface area contributed by atoms with Crippen molar-refractivity contribution in [2.45, 2.75) is 4.90 Å². The van der Waals surface area contributed by atoms with Gasteiger partial charge in [0.05, 0.1) is 22.9 Å². The number of hydrogen-bond acceptors (Lipinski definition) is 6. The van der Waals surface area contributed by atoms with E-state index in [0.717, 1.165) is 18.2 Å². The Morgan fingerprint density at radius 1 is 1.05 bits per heavy atom. The molecule has 0 aliphatic heterocycles. The minimum Gasteiger partial charge on any atom is -0.506 e. The van der Waals surface area contributed by atoms with Crippen LogP contribution in [-0.2, 0) is 9.84 Å². The molecule has 0 bridgehead atoms. The molecule has 0 heterocycles. The minimum atomic E-state index is -3.52. The quantitative estimate of drug-likeness (QED) is 0.826. The van der Waals surface area contributed by atoms with Crippen LogP contribution in [0.25, 0.3) is 0 Å². The van der Waals surface area contributed by atoms with Gasteiger partial charge >= 0.3 is 0 Å². The molecule has 0 saturated carbocycles. The Morgan fingerprint density at radius 2 is 1.73 bits per heavy atom. The molecule has 0 unspecified atom stereocenters. The van der Waals surface area contributed by atoms with Gasteiger partial charge in [0.25, 0.3) is 0 Å². The summed E-state index contributed by atoms with van der Waals surface area (Å²) in [6.07, 6.45) is 0. The van der Waals surface area contributed by atoms with E-state index in [1.807, 2.05) is 0 Å². The largest absolute Gasteiger partial charge is 0.506 e. The molecule has 0 radical (unpaired) electrons. The Morgan fingerprint density at radius 3 is 2.36 bits per heavy atom. The predicted molar refractivity (Wildman–Crippen MR) is 77.8 cm³/mol. The van der Waals surface area contributed by atoms with E-state index in [4.69, 9.17) is 5.11 Å². The Bertz CT molecular complexity index is 789. The van der Waals surface area contributed by atoms with Crippen LogP contribution in [0.2, 0.25) is 0 Å². The fourth-order valence-electron chi connectivity index (χ4n) is 1.65. The molecule has 0 atom stereocenters. The second-order valence-electron chi connectivity index (χ2n) is 4.37. The van der Waals surface area contributed by atoms with Crippen molar-refractivity contribution in [2.75, 3.05) is 12.4 Å². The van der Waals surface area contributed by atoms with Crippen molar-refractivity contribution in [3.8, 4) is 5.75 Å². The number of azo groups is 1. The molecule has 0 saturated heterocycles. The lowest BCUT2D eigenvalue weighted by Crippen LogP contribution is -2.09. The van der Waals surface area contributed by atoms with E-state index in [1.165, 1.54) is 24.3 Å². The molecule has 2 aromatic carbocycles. The number of aromatic hydroxyl groups is 1. The van der Waals surface area contributed by atoms with Gasteiger partial charge in [0.15, 0.2) is 9.84 Å². The molecule has 8 heteroatoms. The van der Waals surface area contributed by atoms with E-state index in [-0.39, 0.29) is 22.1 Å². The molecule has 0 amide bonds. The first-order valence-corrected chi connectivity index (χ1v) is 7.91. The molecule has 0 aromatic heterocycles. The smallest absolute Gasteiger partial charge is 0.180 e. The van der Waals surface area contributed by atoms with Gasteiger partial charge in [0.2, 0.25) is 0 Å². The SMILES string of the molecule is O=S(=O)(CCO)c1ccc(/N=N/c2cc(F)ccc2O)cc1. The zero-order chi connectivity index (χ0) is 16.2. The fraction of sp³-hybridized carbons (Fsp3) is 0.143. The highest BCUT2D eigenvalue weighted by Crippen LogP contribution is 2.28. The van der Waals surface area contributed by atoms with Gasteiger partial charge in [-0.2, -0.15) is 5.11 Å². The highest BCUT2D eigenvalue weighted by molar-refractivity contribution is 7.91. The van der Waals surface area contributed by atoms with Crippen LogP contribution in [0.1, 0.15) is 0 Å². The molecular formula is C14H13FN2O4S. The van der Waals surface area contributed by atoms with Crippen molar-refractivity contribution in [1.82, 2.24) is 0 Å². The molecule has 0 spiro atoms. The highest BCUT2D eigenvalue weighted by atomic mass is 32.2. The molecule has 2 aromatic rings. The van der Waals surface area contributed by atoms with Crippen LogP contribution in [-0.4, -0.2) is 31.0 Å².